The van der Waals surface area contributed by atoms with E-state index >= 15 is 0 Å². The Balaban J connectivity index is 2.21. The highest BCUT2D eigenvalue weighted by atomic mass is 16.6. The summed E-state index contributed by atoms with van der Waals surface area (Å²) < 4.78 is 0. The molecule has 2 aromatic carbocycles. The molecule has 0 aromatic heterocycles. The zero-order valence-electron chi connectivity index (χ0n) is 10.6. The summed E-state index contributed by atoms with van der Waals surface area (Å²) in [6.07, 6.45) is 0.303. The predicted molar refractivity (Wildman–Crippen MR) is 73.6 cm³/mol. The van der Waals surface area contributed by atoms with Crippen molar-refractivity contribution in [2.75, 3.05) is 0 Å². The van der Waals surface area contributed by atoms with E-state index in [0.29, 0.717) is 6.42 Å². The van der Waals surface area contributed by atoms with Crippen molar-refractivity contribution < 1.29 is 14.8 Å². The number of rotatable bonds is 5. The third kappa shape index (κ3) is 3.20. The first-order valence-corrected chi connectivity index (χ1v) is 6.09. The van der Waals surface area contributed by atoms with E-state index in [0.717, 1.165) is 11.1 Å². The molecule has 0 spiro atoms. The van der Waals surface area contributed by atoms with Crippen molar-refractivity contribution in [1.82, 2.24) is 0 Å². The van der Waals surface area contributed by atoms with Crippen LogP contribution >= 0.6 is 0 Å². The monoisotopic (exact) mass is 271 g/mol. The van der Waals surface area contributed by atoms with Gasteiger partial charge in [-0.1, -0.05) is 42.5 Å². The molecule has 0 bridgehead atoms. The van der Waals surface area contributed by atoms with Crippen LogP contribution in [0.2, 0.25) is 0 Å². The highest BCUT2D eigenvalue weighted by Gasteiger charge is 2.20. The van der Waals surface area contributed by atoms with Crippen LogP contribution in [-0.2, 0) is 11.2 Å². The zero-order valence-corrected chi connectivity index (χ0v) is 10.6. The highest BCUT2D eigenvalue weighted by molar-refractivity contribution is 5.76. The Morgan fingerprint density at radius 1 is 1.10 bits per heavy atom. The average molecular weight is 271 g/mol. The van der Waals surface area contributed by atoms with Crippen molar-refractivity contribution in [3.8, 4) is 0 Å². The quantitative estimate of drug-likeness (QED) is 0.669. The van der Waals surface area contributed by atoms with Gasteiger partial charge in [0.05, 0.1) is 10.8 Å². The van der Waals surface area contributed by atoms with E-state index in [1.165, 1.54) is 12.1 Å². The molecule has 5 heteroatoms. The van der Waals surface area contributed by atoms with Crippen molar-refractivity contribution in [2.45, 2.75) is 12.3 Å². The molecule has 1 atom stereocenters. The number of nitro groups is 1. The SMILES string of the molecule is O=C(O)[C@@H](Cc1ccc([N+](=O)[O-])cc1)c1ccccc1. The van der Waals surface area contributed by atoms with E-state index in [1.807, 2.05) is 6.07 Å². The molecule has 0 fully saturated rings. The van der Waals surface area contributed by atoms with Crippen molar-refractivity contribution in [2.24, 2.45) is 0 Å². The minimum atomic E-state index is -0.908. The zero-order chi connectivity index (χ0) is 14.5. The van der Waals surface area contributed by atoms with Gasteiger partial charge in [0.2, 0.25) is 0 Å². The number of hydrogen-bond donors (Lipinski definition) is 1. The van der Waals surface area contributed by atoms with Crippen LogP contribution in [0.4, 0.5) is 5.69 Å². The van der Waals surface area contributed by atoms with Crippen LogP contribution in [0, 0.1) is 10.1 Å². The van der Waals surface area contributed by atoms with E-state index in [9.17, 15) is 20.0 Å². The normalized spacial score (nSPS) is 11.8. The Labute approximate surface area is 115 Å². The smallest absolute Gasteiger partial charge is 0.311 e. The number of aliphatic carboxylic acids is 1. The molecule has 0 aliphatic heterocycles. The van der Waals surface area contributed by atoms with E-state index in [1.54, 1.807) is 36.4 Å². The molecule has 1 N–H and O–H groups in total. The lowest BCUT2D eigenvalue weighted by atomic mass is 9.92. The summed E-state index contributed by atoms with van der Waals surface area (Å²) >= 11 is 0. The first-order chi connectivity index (χ1) is 9.58. The molecule has 0 radical (unpaired) electrons. The largest absolute Gasteiger partial charge is 0.481 e. The topological polar surface area (TPSA) is 80.4 Å². The lowest BCUT2D eigenvalue weighted by molar-refractivity contribution is -0.384. The number of nitrogens with zero attached hydrogens (tertiary/aromatic N) is 1. The van der Waals surface area contributed by atoms with E-state index in [2.05, 4.69) is 0 Å². The van der Waals surface area contributed by atoms with Gasteiger partial charge < -0.3 is 5.11 Å². The summed E-state index contributed by atoms with van der Waals surface area (Å²) in [6.45, 7) is 0. The average Bonchev–Trinajstić information content (AvgIpc) is 2.46. The number of nitro benzene ring substituents is 1. The van der Waals surface area contributed by atoms with E-state index < -0.39 is 16.8 Å². The van der Waals surface area contributed by atoms with Crippen molar-refractivity contribution in [1.29, 1.82) is 0 Å². The first-order valence-electron chi connectivity index (χ1n) is 6.09. The summed E-state index contributed by atoms with van der Waals surface area (Å²) in [5.74, 6) is -1.56. The second-order valence-corrected chi connectivity index (χ2v) is 4.43. The van der Waals surface area contributed by atoms with Crippen LogP contribution in [0.5, 0.6) is 0 Å². The van der Waals surface area contributed by atoms with Gasteiger partial charge in [0.15, 0.2) is 0 Å². The third-order valence-electron chi connectivity index (χ3n) is 3.09. The second-order valence-electron chi connectivity index (χ2n) is 4.43. The maximum Gasteiger partial charge on any atom is 0.311 e. The lowest BCUT2D eigenvalue weighted by Crippen LogP contribution is -2.14. The molecular weight excluding hydrogens is 258 g/mol. The highest BCUT2D eigenvalue weighted by Crippen LogP contribution is 2.22. The fraction of sp³-hybridized carbons (Fsp3) is 0.133. The third-order valence-corrected chi connectivity index (χ3v) is 3.09. The van der Waals surface area contributed by atoms with Crippen molar-refractivity contribution in [3.63, 3.8) is 0 Å². The Bertz CT molecular complexity index is 608. The van der Waals surface area contributed by atoms with Crippen molar-refractivity contribution >= 4 is 11.7 Å². The Kier molecular flexibility index (Phi) is 4.10. The van der Waals surface area contributed by atoms with Gasteiger partial charge in [0, 0.05) is 12.1 Å². The lowest BCUT2D eigenvalue weighted by Gasteiger charge is -2.12. The maximum atomic E-state index is 11.4. The molecule has 20 heavy (non-hydrogen) atoms. The molecule has 0 saturated heterocycles. The molecular formula is C15H13NO4. The summed E-state index contributed by atoms with van der Waals surface area (Å²) in [7, 11) is 0. The minimum Gasteiger partial charge on any atom is -0.481 e. The van der Waals surface area contributed by atoms with Crippen LogP contribution in [0.1, 0.15) is 17.0 Å². The fourth-order valence-corrected chi connectivity index (χ4v) is 2.02. The molecule has 0 saturated carbocycles. The standard InChI is InChI=1S/C15H13NO4/c17-15(18)14(12-4-2-1-3-5-12)10-11-6-8-13(9-7-11)16(19)20/h1-9,14H,10H2,(H,17,18)/t14-/m0/s1. The van der Waals surface area contributed by atoms with Gasteiger partial charge in [0.25, 0.3) is 5.69 Å². The van der Waals surface area contributed by atoms with Crippen LogP contribution in [0.3, 0.4) is 0 Å². The summed E-state index contributed by atoms with van der Waals surface area (Å²) in [5, 5.41) is 19.9. The van der Waals surface area contributed by atoms with Gasteiger partial charge in [-0.3, -0.25) is 14.9 Å². The van der Waals surface area contributed by atoms with Gasteiger partial charge in [-0.05, 0) is 17.5 Å². The molecule has 2 rings (SSSR count). The number of benzene rings is 2. The van der Waals surface area contributed by atoms with Crippen LogP contribution in [-0.4, -0.2) is 16.0 Å². The van der Waals surface area contributed by atoms with Gasteiger partial charge in [0.1, 0.15) is 0 Å². The summed E-state index contributed by atoms with van der Waals surface area (Å²) in [5.41, 5.74) is 1.48. The molecule has 0 heterocycles. The molecule has 2 aromatic rings. The maximum absolute atomic E-state index is 11.4. The van der Waals surface area contributed by atoms with E-state index in [-0.39, 0.29) is 5.69 Å². The summed E-state index contributed by atoms with van der Waals surface area (Å²) in [6, 6.07) is 14.9. The number of carbonyl (C=O) groups is 1. The number of carboxylic acids is 1. The fourth-order valence-electron chi connectivity index (χ4n) is 2.02. The number of carboxylic acid groups (broad SMARTS) is 1. The van der Waals surface area contributed by atoms with Gasteiger partial charge in [-0.2, -0.15) is 0 Å². The Hall–Kier alpha value is -2.69. The Morgan fingerprint density at radius 2 is 1.70 bits per heavy atom. The van der Waals surface area contributed by atoms with Crippen LogP contribution < -0.4 is 0 Å². The second kappa shape index (κ2) is 5.97. The summed E-state index contributed by atoms with van der Waals surface area (Å²) in [4.78, 5) is 21.5. The minimum absolute atomic E-state index is 0.000311. The molecule has 5 nitrogen and oxygen atoms in total. The molecule has 0 amide bonds. The van der Waals surface area contributed by atoms with Crippen molar-refractivity contribution in [3.05, 3.63) is 75.8 Å². The van der Waals surface area contributed by atoms with Crippen LogP contribution in [0.15, 0.2) is 54.6 Å². The predicted octanol–water partition coefficient (Wildman–Crippen LogP) is 3.01. The van der Waals surface area contributed by atoms with E-state index in [4.69, 9.17) is 0 Å². The molecule has 0 aliphatic rings. The molecule has 102 valence electrons. The molecule has 0 unspecified atom stereocenters. The van der Waals surface area contributed by atoms with Crippen LogP contribution in [0.25, 0.3) is 0 Å². The van der Waals surface area contributed by atoms with Gasteiger partial charge in [-0.25, -0.2) is 0 Å². The molecule has 0 aliphatic carbocycles. The number of non-ortho nitro benzene ring substituents is 1. The van der Waals surface area contributed by atoms with Gasteiger partial charge >= 0.3 is 5.97 Å². The Morgan fingerprint density at radius 3 is 2.20 bits per heavy atom. The number of hydrogen-bond acceptors (Lipinski definition) is 3. The van der Waals surface area contributed by atoms with Gasteiger partial charge in [-0.15, -0.1) is 0 Å². The first kappa shape index (κ1) is 13.7.